The van der Waals surface area contributed by atoms with Crippen molar-refractivity contribution in [3.8, 4) is 0 Å². The SMILES string of the molecule is CCCC(c1cc2ncccc2c(=O)o1)N1CCCN(C)CC1. The number of pyridine rings is 1. The van der Waals surface area contributed by atoms with Gasteiger partial charge in [0.05, 0.1) is 16.9 Å². The molecule has 0 radical (unpaired) electrons. The first-order valence-corrected chi connectivity index (χ1v) is 8.50. The van der Waals surface area contributed by atoms with Crippen LogP contribution in [0.25, 0.3) is 10.9 Å². The zero-order chi connectivity index (χ0) is 16.2. The third kappa shape index (κ3) is 3.62. The molecule has 0 aliphatic carbocycles. The maximum Gasteiger partial charge on any atom is 0.345 e. The van der Waals surface area contributed by atoms with Crippen LogP contribution in [0, 0.1) is 0 Å². The normalized spacial score (nSPS) is 18.9. The molecule has 0 spiro atoms. The van der Waals surface area contributed by atoms with Gasteiger partial charge < -0.3 is 9.32 Å². The van der Waals surface area contributed by atoms with Gasteiger partial charge in [0.15, 0.2) is 0 Å². The summed E-state index contributed by atoms with van der Waals surface area (Å²) in [6.07, 6.45) is 4.92. The minimum atomic E-state index is -0.279. The van der Waals surface area contributed by atoms with Crippen molar-refractivity contribution in [3.63, 3.8) is 0 Å². The molecular weight excluding hydrogens is 290 g/mol. The quantitative estimate of drug-likeness (QED) is 0.868. The minimum Gasteiger partial charge on any atom is -0.426 e. The van der Waals surface area contributed by atoms with E-state index in [1.165, 1.54) is 0 Å². The minimum absolute atomic E-state index is 0.158. The summed E-state index contributed by atoms with van der Waals surface area (Å²) >= 11 is 0. The molecule has 0 N–H and O–H groups in total. The Bertz CT molecular complexity index is 713. The van der Waals surface area contributed by atoms with Crippen molar-refractivity contribution in [2.45, 2.75) is 32.2 Å². The van der Waals surface area contributed by atoms with Crippen LogP contribution in [-0.2, 0) is 0 Å². The standard InChI is InChI=1S/C18H25N3O2/c1-3-6-16(21-10-5-9-20(2)11-12-21)17-13-15-14(18(22)23-17)7-4-8-19-15/h4,7-8,13,16H,3,5-6,9-12H2,1-2H3. The molecule has 3 heterocycles. The van der Waals surface area contributed by atoms with Gasteiger partial charge in [-0.15, -0.1) is 0 Å². The zero-order valence-electron chi connectivity index (χ0n) is 14.0. The number of hydrogen-bond acceptors (Lipinski definition) is 5. The molecule has 23 heavy (non-hydrogen) atoms. The largest absolute Gasteiger partial charge is 0.426 e. The van der Waals surface area contributed by atoms with Crippen LogP contribution in [0.5, 0.6) is 0 Å². The second-order valence-electron chi connectivity index (χ2n) is 6.37. The Kier molecular flexibility index (Phi) is 5.08. The molecule has 0 aromatic carbocycles. The van der Waals surface area contributed by atoms with E-state index in [2.05, 4.69) is 28.8 Å². The molecule has 1 aliphatic rings. The summed E-state index contributed by atoms with van der Waals surface area (Å²) in [6, 6.07) is 5.65. The molecular formula is C18H25N3O2. The highest BCUT2D eigenvalue weighted by Gasteiger charge is 2.24. The predicted molar refractivity (Wildman–Crippen MR) is 91.6 cm³/mol. The summed E-state index contributed by atoms with van der Waals surface area (Å²) in [7, 11) is 2.17. The highest BCUT2D eigenvalue weighted by Crippen LogP contribution is 2.27. The van der Waals surface area contributed by atoms with Gasteiger partial charge in [-0.05, 0) is 38.6 Å². The van der Waals surface area contributed by atoms with Gasteiger partial charge in [0.2, 0.25) is 0 Å². The Morgan fingerprint density at radius 2 is 2.17 bits per heavy atom. The van der Waals surface area contributed by atoms with Crippen LogP contribution in [0.4, 0.5) is 0 Å². The predicted octanol–water partition coefficient (Wildman–Crippen LogP) is 2.67. The molecule has 1 fully saturated rings. The van der Waals surface area contributed by atoms with E-state index in [0.29, 0.717) is 5.39 Å². The fourth-order valence-corrected chi connectivity index (χ4v) is 3.35. The molecule has 5 nitrogen and oxygen atoms in total. The molecule has 124 valence electrons. The van der Waals surface area contributed by atoms with Crippen LogP contribution in [0.3, 0.4) is 0 Å². The fraction of sp³-hybridized carbons (Fsp3) is 0.556. The third-order valence-electron chi connectivity index (χ3n) is 4.63. The Morgan fingerprint density at radius 3 is 3.00 bits per heavy atom. The van der Waals surface area contributed by atoms with Crippen molar-refractivity contribution >= 4 is 10.9 Å². The van der Waals surface area contributed by atoms with Gasteiger partial charge in [0.1, 0.15) is 5.76 Å². The van der Waals surface area contributed by atoms with Crippen LogP contribution < -0.4 is 5.63 Å². The van der Waals surface area contributed by atoms with Crippen LogP contribution >= 0.6 is 0 Å². The lowest BCUT2D eigenvalue weighted by molar-refractivity contribution is 0.166. The van der Waals surface area contributed by atoms with E-state index in [-0.39, 0.29) is 11.7 Å². The third-order valence-corrected chi connectivity index (χ3v) is 4.63. The van der Waals surface area contributed by atoms with Gasteiger partial charge in [0, 0.05) is 31.9 Å². The number of likely N-dealkylation sites (N-methyl/N-ethyl adjacent to an activating group) is 1. The first-order chi connectivity index (χ1) is 11.2. The van der Waals surface area contributed by atoms with E-state index >= 15 is 0 Å². The molecule has 1 unspecified atom stereocenters. The van der Waals surface area contributed by atoms with Gasteiger partial charge in [-0.1, -0.05) is 13.3 Å². The average molecular weight is 315 g/mol. The summed E-state index contributed by atoms with van der Waals surface area (Å²) in [5.41, 5.74) is 0.449. The van der Waals surface area contributed by atoms with Crippen molar-refractivity contribution in [1.29, 1.82) is 0 Å². The lowest BCUT2D eigenvalue weighted by atomic mass is 10.1. The van der Waals surface area contributed by atoms with E-state index in [9.17, 15) is 4.79 Å². The molecule has 1 atom stereocenters. The second-order valence-corrected chi connectivity index (χ2v) is 6.37. The molecule has 0 saturated carbocycles. The van der Waals surface area contributed by atoms with E-state index in [4.69, 9.17) is 4.42 Å². The Hall–Kier alpha value is -1.72. The smallest absolute Gasteiger partial charge is 0.345 e. The molecule has 5 heteroatoms. The first-order valence-electron chi connectivity index (χ1n) is 8.50. The molecule has 2 aromatic heterocycles. The topological polar surface area (TPSA) is 49.6 Å². The van der Waals surface area contributed by atoms with Crippen LogP contribution in [0.2, 0.25) is 0 Å². The zero-order valence-corrected chi connectivity index (χ0v) is 14.0. The van der Waals surface area contributed by atoms with Gasteiger partial charge in [0.25, 0.3) is 0 Å². The molecule has 2 aromatic rings. The second kappa shape index (κ2) is 7.23. The number of rotatable bonds is 4. The summed E-state index contributed by atoms with van der Waals surface area (Å²) < 4.78 is 5.68. The maximum atomic E-state index is 12.3. The van der Waals surface area contributed by atoms with Crippen molar-refractivity contribution in [2.75, 3.05) is 33.2 Å². The lowest BCUT2D eigenvalue weighted by Gasteiger charge is -2.29. The van der Waals surface area contributed by atoms with Crippen molar-refractivity contribution in [1.82, 2.24) is 14.8 Å². The van der Waals surface area contributed by atoms with Crippen LogP contribution in [0.15, 0.2) is 33.6 Å². The number of nitrogens with zero attached hydrogens (tertiary/aromatic N) is 3. The van der Waals surface area contributed by atoms with Crippen molar-refractivity contribution < 1.29 is 4.42 Å². The highest BCUT2D eigenvalue weighted by molar-refractivity contribution is 5.76. The molecule has 1 aliphatic heterocycles. The Balaban J connectivity index is 1.95. The van der Waals surface area contributed by atoms with E-state index in [1.807, 2.05) is 6.07 Å². The summed E-state index contributed by atoms with van der Waals surface area (Å²) in [5.74, 6) is 0.757. The molecule has 3 rings (SSSR count). The summed E-state index contributed by atoms with van der Waals surface area (Å²) in [4.78, 5) is 21.4. The molecule has 0 bridgehead atoms. The van der Waals surface area contributed by atoms with Gasteiger partial charge >= 0.3 is 5.63 Å². The van der Waals surface area contributed by atoms with Gasteiger partial charge in [-0.2, -0.15) is 0 Å². The Morgan fingerprint density at radius 1 is 1.30 bits per heavy atom. The van der Waals surface area contributed by atoms with E-state index in [1.54, 1.807) is 18.3 Å². The number of fused-ring (bicyclic) bond motifs is 1. The van der Waals surface area contributed by atoms with Crippen LogP contribution in [-0.4, -0.2) is 48.0 Å². The lowest BCUT2D eigenvalue weighted by Crippen LogP contribution is -2.33. The Labute approximate surface area is 136 Å². The molecule has 1 saturated heterocycles. The van der Waals surface area contributed by atoms with Crippen molar-refractivity contribution in [2.24, 2.45) is 0 Å². The summed E-state index contributed by atoms with van der Waals surface area (Å²) in [5, 5.41) is 0.557. The van der Waals surface area contributed by atoms with Gasteiger partial charge in [-0.3, -0.25) is 9.88 Å². The average Bonchev–Trinajstić information content (AvgIpc) is 2.77. The monoisotopic (exact) mass is 315 g/mol. The van der Waals surface area contributed by atoms with Crippen LogP contribution in [0.1, 0.15) is 38.0 Å². The first kappa shape index (κ1) is 16.1. The maximum absolute atomic E-state index is 12.3. The fourth-order valence-electron chi connectivity index (χ4n) is 3.35. The molecule has 0 amide bonds. The van der Waals surface area contributed by atoms with Crippen molar-refractivity contribution in [3.05, 3.63) is 40.6 Å². The highest BCUT2D eigenvalue weighted by atomic mass is 16.4. The summed E-state index contributed by atoms with van der Waals surface area (Å²) in [6.45, 7) is 6.40. The van der Waals surface area contributed by atoms with Gasteiger partial charge in [-0.25, -0.2) is 4.79 Å². The number of hydrogen-bond donors (Lipinski definition) is 0. The van der Waals surface area contributed by atoms with E-state index in [0.717, 1.165) is 56.7 Å². The number of aromatic nitrogens is 1. The van der Waals surface area contributed by atoms with E-state index < -0.39 is 0 Å².